The number of benzene rings is 2. The fourth-order valence-electron chi connectivity index (χ4n) is 6.26. The van der Waals surface area contributed by atoms with Gasteiger partial charge in [0.2, 0.25) is 12.5 Å². The summed E-state index contributed by atoms with van der Waals surface area (Å²) >= 11 is 0. The molecule has 186 valence electrons. The number of Topliss-reactive ketones (excluding diaryl/α,β-unsaturated/α-hetero) is 1. The Balaban J connectivity index is 1.43. The molecule has 4 heterocycles. The largest absolute Gasteiger partial charge is 0.493 e. The fraction of sp³-hybridized carbons (Fsp3) is 0.414. The van der Waals surface area contributed by atoms with E-state index in [9.17, 15) is 4.79 Å². The predicted octanol–water partition coefficient (Wildman–Crippen LogP) is 4.83. The van der Waals surface area contributed by atoms with E-state index in [1.165, 1.54) is 5.56 Å². The zero-order chi connectivity index (χ0) is 24.6. The number of nitrogens with zero attached hydrogens (tertiary/aromatic N) is 1. The molecule has 0 spiro atoms. The Labute approximate surface area is 210 Å². The van der Waals surface area contributed by atoms with Crippen LogP contribution in [0.5, 0.6) is 28.7 Å². The van der Waals surface area contributed by atoms with E-state index in [2.05, 4.69) is 37.0 Å². The summed E-state index contributed by atoms with van der Waals surface area (Å²) in [5, 5.41) is 0. The highest BCUT2D eigenvalue weighted by Crippen LogP contribution is 2.53. The highest BCUT2D eigenvalue weighted by Gasteiger charge is 2.43. The minimum absolute atomic E-state index is 0.0947. The summed E-state index contributed by atoms with van der Waals surface area (Å²) in [7, 11) is 1.64. The highest BCUT2D eigenvalue weighted by atomic mass is 16.7. The number of carbonyl (C=O) groups excluding carboxylic acids is 1. The van der Waals surface area contributed by atoms with Gasteiger partial charge in [-0.25, -0.2) is 0 Å². The van der Waals surface area contributed by atoms with E-state index in [0.29, 0.717) is 36.9 Å². The molecule has 1 aliphatic carbocycles. The van der Waals surface area contributed by atoms with Crippen LogP contribution in [0.15, 0.2) is 41.6 Å². The minimum Gasteiger partial charge on any atom is -0.493 e. The van der Waals surface area contributed by atoms with Crippen LogP contribution in [-0.4, -0.2) is 44.3 Å². The summed E-state index contributed by atoms with van der Waals surface area (Å²) in [6, 6.07) is 8.21. The molecule has 0 amide bonds. The van der Waals surface area contributed by atoms with Crippen LogP contribution in [0.1, 0.15) is 49.3 Å². The lowest BCUT2D eigenvalue weighted by Crippen LogP contribution is -2.40. The van der Waals surface area contributed by atoms with Crippen LogP contribution >= 0.6 is 0 Å². The molecule has 0 N–H and O–H groups in total. The summed E-state index contributed by atoms with van der Waals surface area (Å²) in [6.07, 6.45) is 4.51. The summed E-state index contributed by atoms with van der Waals surface area (Å²) in [5.74, 6) is 3.49. The monoisotopic (exact) mass is 487 g/mol. The van der Waals surface area contributed by atoms with Crippen LogP contribution in [0.3, 0.4) is 0 Å². The van der Waals surface area contributed by atoms with Gasteiger partial charge in [0.15, 0.2) is 28.8 Å². The second-order valence-corrected chi connectivity index (χ2v) is 10.8. The van der Waals surface area contributed by atoms with E-state index in [0.717, 1.165) is 59.0 Å². The molecule has 5 aliphatic rings. The Bertz CT molecular complexity index is 1350. The van der Waals surface area contributed by atoms with Gasteiger partial charge in [0.25, 0.3) is 0 Å². The zero-order valence-corrected chi connectivity index (χ0v) is 20.8. The Morgan fingerprint density at radius 2 is 1.78 bits per heavy atom. The first-order chi connectivity index (χ1) is 17.4. The van der Waals surface area contributed by atoms with E-state index >= 15 is 0 Å². The molecule has 0 fully saturated rings. The molecular weight excluding hydrogens is 458 g/mol. The van der Waals surface area contributed by atoms with E-state index in [1.807, 2.05) is 12.1 Å². The number of fused-ring (bicyclic) bond motifs is 6. The van der Waals surface area contributed by atoms with Crippen LogP contribution < -0.4 is 23.7 Å². The van der Waals surface area contributed by atoms with E-state index in [4.69, 9.17) is 23.7 Å². The SMILES string of the molecule is COc1cc(C2C=C3c4cc5c(cc4CCN3C3=C2C(=O)CC(C)(C)C3)OCO5)cc2c1OCCO2. The average Bonchev–Trinajstić information content (AvgIpc) is 3.32. The Morgan fingerprint density at radius 1 is 0.972 bits per heavy atom. The van der Waals surface area contributed by atoms with Crippen LogP contribution in [0.25, 0.3) is 5.70 Å². The number of hydrogen-bond donors (Lipinski definition) is 0. The fourth-order valence-corrected chi connectivity index (χ4v) is 6.26. The number of methoxy groups -OCH3 is 1. The molecule has 1 atom stereocenters. The molecule has 1 unspecified atom stereocenters. The highest BCUT2D eigenvalue weighted by molar-refractivity contribution is 6.01. The molecular formula is C29H29NO6. The third kappa shape index (κ3) is 3.21. The molecule has 36 heavy (non-hydrogen) atoms. The average molecular weight is 488 g/mol. The number of allylic oxidation sites excluding steroid dienone is 3. The van der Waals surface area contributed by atoms with Crippen molar-refractivity contribution in [3.63, 3.8) is 0 Å². The number of ether oxygens (including phenoxy) is 5. The summed E-state index contributed by atoms with van der Waals surface area (Å²) in [5.41, 5.74) is 6.40. The van der Waals surface area contributed by atoms with Crippen LogP contribution in [0.4, 0.5) is 0 Å². The molecule has 7 nitrogen and oxygen atoms in total. The molecule has 0 bridgehead atoms. The molecule has 0 saturated carbocycles. The molecule has 7 heteroatoms. The van der Waals surface area contributed by atoms with Crippen molar-refractivity contribution in [1.29, 1.82) is 0 Å². The minimum atomic E-state index is -0.212. The van der Waals surface area contributed by atoms with Crippen molar-refractivity contribution in [3.8, 4) is 28.7 Å². The predicted molar refractivity (Wildman–Crippen MR) is 133 cm³/mol. The summed E-state index contributed by atoms with van der Waals surface area (Å²) < 4.78 is 28.8. The second kappa shape index (κ2) is 7.69. The van der Waals surface area contributed by atoms with Crippen molar-refractivity contribution in [2.24, 2.45) is 5.41 Å². The van der Waals surface area contributed by atoms with Crippen molar-refractivity contribution in [1.82, 2.24) is 4.90 Å². The molecule has 0 radical (unpaired) electrons. The van der Waals surface area contributed by atoms with Gasteiger partial charge in [0, 0.05) is 41.4 Å². The van der Waals surface area contributed by atoms with Crippen molar-refractivity contribution in [2.75, 3.05) is 33.7 Å². The van der Waals surface area contributed by atoms with Gasteiger partial charge in [0.1, 0.15) is 13.2 Å². The van der Waals surface area contributed by atoms with Crippen LogP contribution in [0.2, 0.25) is 0 Å². The first-order valence-corrected chi connectivity index (χ1v) is 12.6. The third-order valence-electron chi connectivity index (χ3n) is 7.84. The third-order valence-corrected chi connectivity index (χ3v) is 7.84. The van der Waals surface area contributed by atoms with Gasteiger partial charge in [0.05, 0.1) is 7.11 Å². The van der Waals surface area contributed by atoms with Gasteiger partial charge in [-0.2, -0.15) is 0 Å². The summed E-state index contributed by atoms with van der Waals surface area (Å²) in [4.78, 5) is 16.1. The van der Waals surface area contributed by atoms with Crippen molar-refractivity contribution >= 4 is 11.5 Å². The molecule has 0 aromatic heterocycles. The van der Waals surface area contributed by atoms with Gasteiger partial charge in [-0.3, -0.25) is 4.79 Å². The second-order valence-electron chi connectivity index (χ2n) is 10.8. The normalized spacial score (nSPS) is 23.0. The Hall–Kier alpha value is -3.61. The van der Waals surface area contributed by atoms with Gasteiger partial charge >= 0.3 is 0 Å². The first kappa shape index (κ1) is 21.7. The smallest absolute Gasteiger partial charge is 0.231 e. The summed E-state index contributed by atoms with van der Waals surface area (Å²) in [6.45, 7) is 6.42. The molecule has 2 aromatic rings. The van der Waals surface area contributed by atoms with Crippen molar-refractivity contribution in [2.45, 2.75) is 39.0 Å². The van der Waals surface area contributed by atoms with E-state index < -0.39 is 0 Å². The lowest BCUT2D eigenvalue weighted by Gasteiger charge is -2.46. The van der Waals surface area contributed by atoms with Gasteiger partial charge in [-0.05, 0) is 59.7 Å². The van der Waals surface area contributed by atoms with E-state index in [-0.39, 0.29) is 23.9 Å². The number of ketones is 1. The lowest BCUT2D eigenvalue weighted by molar-refractivity contribution is -0.118. The number of rotatable bonds is 2. The molecule has 4 aliphatic heterocycles. The maximum Gasteiger partial charge on any atom is 0.231 e. The van der Waals surface area contributed by atoms with Crippen molar-refractivity contribution < 1.29 is 28.5 Å². The topological polar surface area (TPSA) is 66.5 Å². The molecule has 7 rings (SSSR count). The first-order valence-electron chi connectivity index (χ1n) is 12.6. The Kier molecular flexibility index (Phi) is 4.63. The maximum atomic E-state index is 13.7. The lowest BCUT2D eigenvalue weighted by atomic mass is 9.69. The van der Waals surface area contributed by atoms with Gasteiger partial charge < -0.3 is 28.6 Å². The zero-order valence-electron chi connectivity index (χ0n) is 20.8. The van der Waals surface area contributed by atoms with E-state index in [1.54, 1.807) is 7.11 Å². The Morgan fingerprint density at radius 3 is 2.61 bits per heavy atom. The standard InChI is InChI=1S/C29H29NO6/c1-29(2)13-21-27(22(31)14-29)19(17-9-25(32-3)28-26(10-17)33-6-7-34-28)11-20-18-12-24-23(35-15-36-24)8-16(18)4-5-30(20)21/h8-12,19H,4-7,13-15H2,1-3H3. The molecule has 0 saturated heterocycles. The van der Waals surface area contributed by atoms with Crippen molar-refractivity contribution in [3.05, 3.63) is 58.3 Å². The van der Waals surface area contributed by atoms with Gasteiger partial charge in [-0.1, -0.05) is 13.8 Å². The number of carbonyl (C=O) groups is 1. The van der Waals surface area contributed by atoms with Crippen LogP contribution in [-0.2, 0) is 11.2 Å². The quantitative estimate of drug-likeness (QED) is 0.601. The van der Waals surface area contributed by atoms with Crippen LogP contribution in [0, 0.1) is 5.41 Å². The number of hydrogen-bond acceptors (Lipinski definition) is 7. The maximum absolute atomic E-state index is 13.7. The molecule has 2 aromatic carbocycles. The van der Waals surface area contributed by atoms with Gasteiger partial charge in [-0.15, -0.1) is 0 Å².